The van der Waals surface area contributed by atoms with Gasteiger partial charge in [0.15, 0.2) is 17.3 Å². The van der Waals surface area contributed by atoms with E-state index in [9.17, 15) is 9.59 Å². The number of Topliss-reactive ketones (excluding diaryl/α,β-unsaturated/α-hetero) is 2. The quantitative estimate of drug-likeness (QED) is 0.503. The molecule has 0 saturated heterocycles. The lowest BCUT2D eigenvalue weighted by molar-refractivity contribution is -0.124. The van der Waals surface area contributed by atoms with Gasteiger partial charge >= 0.3 is 0 Å². The predicted molar refractivity (Wildman–Crippen MR) is 131 cm³/mol. The summed E-state index contributed by atoms with van der Waals surface area (Å²) in [4.78, 5) is 31.9. The molecule has 1 aromatic carbocycles. The summed E-state index contributed by atoms with van der Waals surface area (Å²) in [7, 11) is 1.58. The number of carbonyl (C=O) groups is 2. The van der Waals surface area contributed by atoms with E-state index in [2.05, 4.69) is 27.7 Å². The van der Waals surface area contributed by atoms with Crippen molar-refractivity contribution in [1.82, 2.24) is 0 Å². The van der Waals surface area contributed by atoms with Gasteiger partial charge in [-0.2, -0.15) is 0 Å². The largest absolute Gasteiger partial charge is 0.493 e. The van der Waals surface area contributed by atoms with Crippen LogP contribution < -0.4 is 9.47 Å². The Balaban J connectivity index is 1.89. The summed E-state index contributed by atoms with van der Waals surface area (Å²) in [5, 5.41) is 0.427. The highest BCUT2D eigenvalue weighted by atomic mass is 35.5. The van der Waals surface area contributed by atoms with Gasteiger partial charge in [-0.05, 0) is 47.8 Å². The highest BCUT2D eigenvalue weighted by molar-refractivity contribution is 6.32. The number of hydrogen-bond acceptors (Lipinski definition) is 5. The Bertz CT molecular complexity index is 1070. The summed E-state index contributed by atoms with van der Waals surface area (Å²) in [5.41, 5.74) is 2.92. The lowest BCUT2D eigenvalue weighted by Crippen LogP contribution is -2.45. The van der Waals surface area contributed by atoms with E-state index in [1.807, 2.05) is 19.1 Å². The molecule has 0 spiro atoms. The standard InChI is InChI=1S/C27H34ClNO4/c1-7-8-33-25-16(28)9-15(10-21(25)32-6)22-23-17(11-26(2,3)13-19(23)30)29-18-12-27(4,5)14-20(31)24(18)22/h9-10,22-23H,7-8,11-14H2,1-6H3/t22-,23?/m1/s1. The molecule has 4 rings (SSSR count). The summed E-state index contributed by atoms with van der Waals surface area (Å²) in [5.74, 6) is 0.394. The molecule has 1 unspecified atom stereocenters. The Hall–Kier alpha value is -2.14. The van der Waals surface area contributed by atoms with Crippen LogP contribution in [0.15, 0.2) is 28.4 Å². The van der Waals surface area contributed by atoms with Gasteiger partial charge in [0.25, 0.3) is 0 Å². The van der Waals surface area contributed by atoms with Crippen molar-refractivity contribution in [3.8, 4) is 11.5 Å². The van der Waals surface area contributed by atoms with Gasteiger partial charge in [-0.25, -0.2) is 0 Å². The first-order chi connectivity index (χ1) is 15.5. The number of hydrogen-bond donors (Lipinski definition) is 0. The van der Waals surface area contributed by atoms with Crippen molar-refractivity contribution in [3.63, 3.8) is 0 Å². The van der Waals surface area contributed by atoms with Crippen molar-refractivity contribution in [3.05, 3.63) is 34.0 Å². The van der Waals surface area contributed by atoms with Gasteiger partial charge in [0.05, 0.1) is 24.7 Å². The Kier molecular flexibility index (Phi) is 6.24. The topological polar surface area (TPSA) is 65.0 Å². The van der Waals surface area contributed by atoms with E-state index >= 15 is 0 Å². The van der Waals surface area contributed by atoms with E-state index < -0.39 is 11.8 Å². The van der Waals surface area contributed by atoms with Crippen LogP contribution in [0, 0.1) is 16.7 Å². The van der Waals surface area contributed by atoms with E-state index in [1.165, 1.54) is 0 Å². The molecule has 1 heterocycles. The zero-order valence-electron chi connectivity index (χ0n) is 20.5. The first-order valence-electron chi connectivity index (χ1n) is 11.8. The van der Waals surface area contributed by atoms with Crippen molar-refractivity contribution in [2.24, 2.45) is 21.7 Å². The number of ether oxygens (including phenoxy) is 2. The lowest BCUT2D eigenvalue weighted by Gasteiger charge is -2.44. The minimum absolute atomic E-state index is 0.0769. The molecule has 2 atom stereocenters. The number of rotatable bonds is 5. The van der Waals surface area contributed by atoms with Gasteiger partial charge in [-0.3, -0.25) is 14.6 Å². The number of halogens is 1. The average molecular weight is 472 g/mol. The van der Waals surface area contributed by atoms with Gasteiger partial charge < -0.3 is 9.47 Å². The minimum Gasteiger partial charge on any atom is -0.493 e. The number of allylic oxidation sites excluding steroid dienone is 2. The van der Waals surface area contributed by atoms with Crippen LogP contribution in [0.5, 0.6) is 11.5 Å². The second-order valence-corrected chi connectivity index (χ2v) is 11.6. The molecular weight excluding hydrogens is 438 g/mol. The van der Waals surface area contributed by atoms with Gasteiger partial charge in [0, 0.05) is 35.7 Å². The molecule has 1 aromatic rings. The lowest BCUT2D eigenvalue weighted by atomic mass is 9.60. The molecule has 0 radical (unpaired) electrons. The maximum atomic E-state index is 13.5. The zero-order chi connectivity index (χ0) is 24.1. The fourth-order valence-electron chi connectivity index (χ4n) is 5.63. The number of methoxy groups -OCH3 is 1. The van der Waals surface area contributed by atoms with Crippen molar-refractivity contribution in [2.75, 3.05) is 13.7 Å². The number of benzene rings is 1. The third-order valence-electron chi connectivity index (χ3n) is 6.90. The normalized spacial score (nSPS) is 25.8. The number of nitrogens with zero attached hydrogens (tertiary/aromatic N) is 1. The maximum absolute atomic E-state index is 13.5. The molecule has 0 aromatic heterocycles. The van der Waals surface area contributed by atoms with E-state index in [-0.39, 0.29) is 22.4 Å². The first-order valence-corrected chi connectivity index (χ1v) is 12.2. The minimum atomic E-state index is -0.440. The third-order valence-corrected chi connectivity index (χ3v) is 7.18. The molecule has 5 nitrogen and oxygen atoms in total. The maximum Gasteiger partial charge on any atom is 0.179 e. The van der Waals surface area contributed by atoms with E-state index in [0.717, 1.165) is 36.2 Å². The molecule has 0 N–H and O–H groups in total. The second kappa shape index (κ2) is 8.57. The summed E-state index contributed by atoms with van der Waals surface area (Å²) >= 11 is 6.66. The molecule has 3 aliphatic rings. The first kappa shape index (κ1) is 24.0. The molecule has 1 saturated carbocycles. The molecule has 6 heteroatoms. The van der Waals surface area contributed by atoms with Gasteiger partial charge in [-0.1, -0.05) is 46.2 Å². The monoisotopic (exact) mass is 471 g/mol. The van der Waals surface area contributed by atoms with Crippen LogP contribution in [0.3, 0.4) is 0 Å². The molecule has 2 aliphatic carbocycles. The SMILES string of the molecule is CCCOc1c(Cl)cc([C@H]2C3=C(CC(C)(C)CC3=O)N=C3CC(C)(C)CC(=O)C32)cc1OC. The van der Waals surface area contributed by atoms with Crippen LogP contribution >= 0.6 is 11.6 Å². The number of carbonyl (C=O) groups excluding carboxylic acids is 2. The van der Waals surface area contributed by atoms with E-state index in [4.69, 9.17) is 26.1 Å². The summed E-state index contributed by atoms with van der Waals surface area (Å²) in [6.45, 7) is 11.0. The molecule has 178 valence electrons. The summed E-state index contributed by atoms with van der Waals surface area (Å²) < 4.78 is 11.5. The molecule has 0 amide bonds. The zero-order valence-corrected chi connectivity index (χ0v) is 21.3. The van der Waals surface area contributed by atoms with Crippen LogP contribution in [0.2, 0.25) is 5.02 Å². The van der Waals surface area contributed by atoms with Crippen LogP contribution in [0.25, 0.3) is 0 Å². The average Bonchev–Trinajstić information content (AvgIpc) is 2.68. The smallest absolute Gasteiger partial charge is 0.179 e. The molecule has 0 bridgehead atoms. The Morgan fingerprint density at radius 2 is 1.73 bits per heavy atom. The van der Waals surface area contributed by atoms with Gasteiger partial charge in [0.2, 0.25) is 0 Å². The Morgan fingerprint density at radius 1 is 1.03 bits per heavy atom. The van der Waals surface area contributed by atoms with Crippen LogP contribution in [0.4, 0.5) is 0 Å². The van der Waals surface area contributed by atoms with Crippen molar-refractivity contribution >= 4 is 28.9 Å². The number of fused-ring (bicyclic) bond motifs is 1. The van der Waals surface area contributed by atoms with Crippen LogP contribution in [0.1, 0.15) is 78.2 Å². The summed E-state index contributed by atoms with van der Waals surface area (Å²) in [6, 6.07) is 3.72. The number of aliphatic imine (C=N–C) groups is 1. The van der Waals surface area contributed by atoms with Crippen LogP contribution in [-0.2, 0) is 9.59 Å². The Morgan fingerprint density at radius 3 is 2.39 bits per heavy atom. The summed E-state index contributed by atoms with van der Waals surface area (Å²) in [6.07, 6.45) is 3.22. The van der Waals surface area contributed by atoms with E-state index in [1.54, 1.807) is 7.11 Å². The van der Waals surface area contributed by atoms with Crippen molar-refractivity contribution < 1.29 is 19.1 Å². The van der Waals surface area contributed by atoms with Gasteiger partial charge in [0.1, 0.15) is 5.78 Å². The van der Waals surface area contributed by atoms with Crippen molar-refractivity contribution in [1.29, 1.82) is 0 Å². The molecule has 1 fully saturated rings. The second-order valence-electron chi connectivity index (χ2n) is 11.2. The molecule has 1 aliphatic heterocycles. The predicted octanol–water partition coefficient (Wildman–Crippen LogP) is 6.32. The fourth-order valence-corrected chi connectivity index (χ4v) is 5.91. The highest BCUT2D eigenvalue weighted by Crippen LogP contribution is 2.53. The number of ketones is 2. The van der Waals surface area contributed by atoms with Crippen molar-refractivity contribution in [2.45, 2.75) is 72.6 Å². The highest BCUT2D eigenvalue weighted by Gasteiger charge is 2.50. The van der Waals surface area contributed by atoms with E-state index in [0.29, 0.717) is 41.5 Å². The van der Waals surface area contributed by atoms with Crippen LogP contribution in [-0.4, -0.2) is 31.0 Å². The van der Waals surface area contributed by atoms with Gasteiger partial charge in [-0.15, -0.1) is 0 Å². The third kappa shape index (κ3) is 4.49. The molecular formula is C27H34ClNO4. The Labute approximate surface area is 201 Å². The fraction of sp³-hybridized carbons (Fsp3) is 0.593. The molecule has 33 heavy (non-hydrogen) atoms.